The lowest BCUT2D eigenvalue weighted by atomic mass is 9.96. The van der Waals surface area contributed by atoms with Gasteiger partial charge in [-0.2, -0.15) is 9.37 Å². The van der Waals surface area contributed by atoms with E-state index in [1.807, 2.05) is 20.8 Å². The maximum Gasteiger partial charge on any atom is 0.291 e. The van der Waals surface area contributed by atoms with E-state index in [4.69, 9.17) is 4.74 Å². The molecule has 1 N–H and O–H groups in total. The van der Waals surface area contributed by atoms with Gasteiger partial charge in [0.2, 0.25) is 5.82 Å². The lowest BCUT2D eigenvalue weighted by Crippen LogP contribution is -2.25. The standard InChI is InChI=1S/C12H17FN2O2/c1-12(2,3)11-14-9(16)8(13)10(15-11)17-6-7-4-5-7/h7H,4-6H2,1-3H3,(H,14,15,16). The zero-order valence-electron chi connectivity index (χ0n) is 10.3. The topological polar surface area (TPSA) is 55.0 Å². The van der Waals surface area contributed by atoms with Crippen LogP contribution in [-0.2, 0) is 5.41 Å². The average Bonchev–Trinajstić information content (AvgIpc) is 3.02. The summed E-state index contributed by atoms with van der Waals surface area (Å²) in [6.45, 7) is 6.13. The van der Waals surface area contributed by atoms with E-state index in [0.717, 1.165) is 12.8 Å². The fourth-order valence-electron chi connectivity index (χ4n) is 1.37. The fourth-order valence-corrected chi connectivity index (χ4v) is 1.37. The maximum absolute atomic E-state index is 13.5. The molecule has 94 valence electrons. The first-order valence-electron chi connectivity index (χ1n) is 5.81. The molecular formula is C12H17FN2O2. The van der Waals surface area contributed by atoms with Crippen molar-refractivity contribution in [3.05, 3.63) is 22.0 Å². The zero-order valence-corrected chi connectivity index (χ0v) is 10.3. The Kier molecular flexibility index (Phi) is 2.93. The van der Waals surface area contributed by atoms with Gasteiger partial charge in [0.25, 0.3) is 11.4 Å². The van der Waals surface area contributed by atoms with Crippen LogP contribution in [0.4, 0.5) is 4.39 Å². The number of hydrogen-bond acceptors (Lipinski definition) is 3. The Morgan fingerprint density at radius 1 is 1.47 bits per heavy atom. The number of nitrogens with zero attached hydrogens (tertiary/aromatic N) is 1. The van der Waals surface area contributed by atoms with E-state index < -0.39 is 11.4 Å². The van der Waals surface area contributed by atoms with Crippen LogP contribution < -0.4 is 10.3 Å². The minimum absolute atomic E-state index is 0.175. The Balaban J connectivity index is 2.28. The van der Waals surface area contributed by atoms with Gasteiger partial charge in [0.1, 0.15) is 5.82 Å². The minimum Gasteiger partial charge on any atom is -0.475 e. The molecule has 1 aliphatic rings. The van der Waals surface area contributed by atoms with Gasteiger partial charge >= 0.3 is 0 Å². The van der Waals surface area contributed by atoms with E-state index in [1.54, 1.807) is 0 Å². The second-order valence-corrected chi connectivity index (χ2v) is 5.54. The molecule has 0 unspecified atom stereocenters. The Morgan fingerprint density at radius 2 is 2.12 bits per heavy atom. The molecule has 0 radical (unpaired) electrons. The smallest absolute Gasteiger partial charge is 0.291 e. The molecule has 0 amide bonds. The van der Waals surface area contributed by atoms with E-state index in [9.17, 15) is 9.18 Å². The number of nitrogens with one attached hydrogen (secondary N) is 1. The third-order valence-electron chi connectivity index (χ3n) is 2.70. The molecule has 1 aliphatic carbocycles. The first-order chi connectivity index (χ1) is 7.88. The predicted molar refractivity (Wildman–Crippen MR) is 61.7 cm³/mol. The highest BCUT2D eigenvalue weighted by molar-refractivity contribution is 5.15. The average molecular weight is 240 g/mol. The summed E-state index contributed by atoms with van der Waals surface area (Å²) in [6.07, 6.45) is 2.22. The Bertz CT molecular complexity index is 472. The normalized spacial score (nSPS) is 16.0. The van der Waals surface area contributed by atoms with Crippen LogP contribution in [0.5, 0.6) is 5.88 Å². The first-order valence-corrected chi connectivity index (χ1v) is 5.81. The Morgan fingerprint density at radius 3 is 2.65 bits per heavy atom. The molecule has 1 fully saturated rings. The molecular weight excluding hydrogens is 223 g/mol. The van der Waals surface area contributed by atoms with Crippen LogP contribution in [0, 0.1) is 11.7 Å². The monoisotopic (exact) mass is 240 g/mol. The van der Waals surface area contributed by atoms with Crippen molar-refractivity contribution >= 4 is 0 Å². The summed E-state index contributed by atoms with van der Waals surface area (Å²) in [6, 6.07) is 0. The lowest BCUT2D eigenvalue weighted by molar-refractivity contribution is 0.267. The van der Waals surface area contributed by atoms with Crippen LogP contribution in [0.3, 0.4) is 0 Å². The molecule has 1 heterocycles. The summed E-state index contributed by atoms with van der Waals surface area (Å²) < 4.78 is 18.8. The van der Waals surface area contributed by atoms with Gasteiger partial charge in [-0.3, -0.25) is 4.79 Å². The van der Waals surface area contributed by atoms with E-state index in [0.29, 0.717) is 18.3 Å². The number of ether oxygens (including phenoxy) is 1. The summed E-state index contributed by atoms with van der Waals surface area (Å²) in [5.74, 6) is -0.174. The molecule has 0 saturated heterocycles. The van der Waals surface area contributed by atoms with Crippen LogP contribution in [0.2, 0.25) is 0 Å². The SMILES string of the molecule is CC(C)(C)c1nc(OCC2CC2)c(F)c(=O)[nH]1. The van der Waals surface area contributed by atoms with Gasteiger partial charge in [-0.05, 0) is 18.8 Å². The molecule has 0 spiro atoms. The lowest BCUT2D eigenvalue weighted by Gasteiger charge is -2.17. The molecule has 0 aromatic carbocycles. The highest BCUT2D eigenvalue weighted by atomic mass is 19.1. The van der Waals surface area contributed by atoms with Gasteiger partial charge in [0, 0.05) is 5.41 Å². The van der Waals surface area contributed by atoms with E-state index in [-0.39, 0.29) is 11.3 Å². The summed E-state index contributed by atoms with van der Waals surface area (Å²) >= 11 is 0. The van der Waals surface area contributed by atoms with Crippen molar-refractivity contribution in [3.63, 3.8) is 0 Å². The van der Waals surface area contributed by atoms with E-state index >= 15 is 0 Å². The number of aromatic amines is 1. The summed E-state index contributed by atoms with van der Waals surface area (Å²) in [7, 11) is 0. The van der Waals surface area contributed by atoms with Gasteiger partial charge in [-0.1, -0.05) is 20.8 Å². The second-order valence-electron chi connectivity index (χ2n) is 5.54. The maximum atomic E-state index is 13.5. The quantitative estimate of drug-likeness (QED) is 0.879. The molecule has 17 heavy (non-hydrogen) atoms. The molecule has 1 aromatic heterocycles. The van der Waals surface area contributed by atoms with Crippen LogP contribution in [0.1, 0.15) is 39.4 Å². The molecule has 0 bridgehead atoms. The number of hydrogen-bond donors (Lipinski definition) is 1. The van der Waals surface area contributed by atoms with Crippen molar-refractivity contribution in [1.29, 1.82) is 0 Å². The second kappa shape index (κ2) is 4.13. The minimum atomic E-state index is -0.932. The Hall–Kier alpha value is -1.39. The number of halogens is 1. The van der Waals surface area contributed by atoms with Crippen LogP contribution >= 0.6 is 0 Å². The summed E-state index contributed by atoms with van der Waals surface area (Å²) in [5, 5.41) is 0. The zero-order chi connectivity index (χ0) is 12.6. The highest BCUT2D eigenvalue weighted by Crippen LogP contribution is 2.29. The fraction of sp³-hybridized carbons (Fsp3) is 0.667. The Labute approximate surface area is 99.2 Å². The summed E-state index contributed by atoms with van der Waals surface area (Å²) in [4.78, 5) is 17.9. The van der Waals surface area contributed by atoms with Gasteiger partial charge in [0.05, 0.1) is 6.61 Å². The number of rotatable bonds is 3. The van der Waals surface area contributed by atoms with Crippen molar-refractivity contribution in [1.82, 2.24) is 9.97 Å². The van der Waals surface area contributed by atoms with Crippen molar-refractivity contribution in [2.24, 2.45) is 5.92 Å². The highest BCUT2D eigenvalue weighted by Gasteiger charge is 2.25. The predicted octanol–water partition coefficient (Wildman–Crippen LogP) is 2.00. The molecule has 2 rings (SSSR count). The van der Waals surface area contributed by atoms with Gasteiger partial charge in [-0.15, -0.1) is 0 Å². The van der Waals surface area contributed by atoms with Crippen molar-refractivity contribution < 1.29 is 9.13 Å². The first kappa shape index (κ1) is 12.1. The van der Waals surface area contributed by atoms with Crippen LogP contribution in [-0.4, -0.2) is 16.6 Å². The third-order valence-corrected chi connectivity index (χ3v) is 2.70. The van der Waals surface area contributed by atoms with E-state index in [2.05, 4.69) is 9.97 Å². The van der Waals surface area contributed by atoms with Crippen molar-refractivity contribution in [2.75, 3.05) is 6.61 Å². The summed E-state index contributed by atoms with van der Waals surface area (Å²) in [5.41, 5.74) is -1.11. The van der Waals surface area contributed by atoms with Crippen molar-refractivity contribution in [2.45, 2.75) is 39.0 Å². The number of H-pyrrole nitrogens is 1. The molecule has 0 aliphatic heterocycles. The largest absolute Gasteiger partial charge is 0.475 e. The number of aromatic nitrogens is 2. The molecule has 0 atom stereocenters. The molecule has 1 saturated carbocycles. The van der Waals surface area contributed by atoms with E-state index in [1.165, 1.54) is 0 Å². The molecule has 4 nitrogen and oxygen atoms in total. The van der Waals surface area contributed by atoms with Gasteiger partial charge in [0.15, 0.2) is 0 Å². The molecule has 1 aromatic rings. The van der Waals surface area contributed by atoms with Crippen LogP contribution in [0.25, 0.3) is 0 Å². The van der Waals surface area contributed by atoms with Crippen molar-refractivity contribution in [3.8, 4) is 5.88 Å². The third kappa shape index (κ3) is 2.84. The van der Waals surface area contributed by atoms with Gasteiger partial charge < -0.3 is 9.72 Å². The molecule has 5 heteroatoms. The van der Waals surface area contributed by atoms with Gasteiger partial charge in [-0.25, -0.2) is 0 Å². The van der Waals surface area contributed by atoms with Crippen LogP contribution in [0.15, 0.2) is 4.79 Å².